The largest absolute Gasteiger partial charge is 0.322 e. The average molecular weight is 539 g/mol. The van der Waals surface area contributed by atoms with Gasteiger partial charge in [0.05, 0.1) is 6.04 Å². The molecule has 6 rings (SSSR count). The predicted molar refractivity (Wildman–Crippen MR) is 156 cm³/mol. The fourth-order valence-corrected chi connectivity index (χ4v) is 6.55. The normalized spacial score (nSPS) is 15.2. The zero-order chi connectivity index (χ0) is 26.6. The van der Waals surface area contributed by atoms with Gasteiger partial charge in [0, 0.05) is 29.0 Å². The summed E-state index contributed by atoms with van der Waals surface area (Å²) < 4.78 is 2.02. The van der Waals surface area contributed by atoms with E-state index >= 15 is 0 Å². The molecule has 8 heteroatoms. The minimum absolute atomic E-state index is 0.0980. The highest BCUT2D eigenvalue weighted by molar-refractivity contribution is 7.09. The predicted octanol–water partition coefficient (Wildman–Crippen LogP) is 6.44. The average Bonchev–Trinajstić information content (AvgIpc) is 3.67. The Labute approximate surface area is 232 Å². The molecule has 0 amide bonds. The van der Waals surface area contributed by atoms with Crippen LogP contribution in [0.2, 0.25) is 0 Å². The van der Waals surface area contributed by atoms with Gasteiger partial charge in [-0.05, 0) is 75.8 Å². The number of rotatable bonds is 9. The monoisotopic (exact) mass is 538 g/mol. The van der Waals surface area contributed by atoms with Crippen LogP contribution in [0.15, 0.2) is 76.9 Å². The zero-order valence-electron chi connectivity index (χ0n) is 22.3. The number of nitrogens with one attached hydrogen (secondary N) is 1. The second-order valence-electron chi connectivity index (χ2n) is 10.5. The van der Waals surface area contributed by atoms with Crippen molar-refractivity contribution in [1.82, 2.24) is 30.1 Å². The van der Waals surface area contributed by atoms with Crippen molar-refractivity contribution < 1.29 is 0 Å². The molecule has 0 aliphatic heterocycles. The summed E-state index contributed by atoms with van der Waals surface area (Å²) in [5, 5.41) is 16.4. The van der Waals surface area contributed by atoms with Crippen molar-refractivity contribution in [3.63, 3.8) is 0 Å². The van der Waals surface area contributed by atoms with Gasteiger partial charge in [0.1, 0.15) is 6.04 Å². The molecule has 7 nitrogen and oxygen atoms in total. The van der Waals surface area contributed by atoms with Crippen LogP contribution >= 0.6 is 11.3 Å². The standard InChI is InChI=1S/C31H34N6OS/c1-2-22-15-16-28-24(18-22)19-27(31(38)32-28)29(30-33-34-35-37(30)25-12-7-4-8-13-25)36(21-26-14-9-17-39-26)20-23-10-5-3-6-11-23/h3,5-6,9-11,14-19,25,29H,2,4,7-8,12-13,20-21H2,1H3,(H,32,38)/t29-/m0/s1. The van der Waals surface area contributed by atoms with Crippen LogP contribution in [-0.4, -0.2) is 30.1 Å². The first-order valence-electron chi connectivity index (χ1n) is 13.9. The van der Waals surface area contributed by atoms with Crippen molar-refractivity contribution in [2.24, 2.45) is 0 Å². The zero-order valence-corrected chi connectivity index (χ0v) is 23.1. The van der Waals surface area contributed by atoms with E-state index in [1.54, 1.807) is 11.3 Å². The summed E-state index contributed by atoms with van der Waals surface area (Å²) in [5.41, 5.74) is 3.85. The summed E-state index contributed by atoms with van der Waals surface area (Å²) in [7, 11) is 0. The number of H-pyrrole nitrogens is 1. The third-order valence-electron chi connectivity index (χ3n) is 7.86. The van der Waals surface area contributed by atoms with E-state index < -0.39 is 6.04 Å². The smallest absolute Gasteiger partial charge is 0.253 e. The molecule has 1 atom stereocenters. The Kier molecular flexibility index (Phi) is 7.65. The van der Waals surface area contributed by atoms with Crippen LogP contribution < -0.4 is 5.56 Å². The highest BCUT2D eigenvalue weighted by Gasteiger charge is 2.33. The maximum atomic E-state index is 13.8. The maximum absolute atomic E-state index is 13.8. The molecular weight excluding hydrogens is 504 g/mol. The van der Waals surface area contributed by atoms with E-state index in [-0.39, 0.29) is 11.6 Å². The SMILES string of the molecule is CCc1ccc2[nH]c(=O)c([C@@H](c3nnnn3C3CCCCC3)N(Cc3ccccc3)Cc3cccs3)cc2c1. The summed E-state index contributed by atoms with van der Waals surface area (Å²) in [6, 6.07) is 22.8. The molecule has 0 bridgehead atoms. The molecule has 200 valence electrons. The number of aromatic nitrogens is 5. The number of nitrogens with zero attached hydrogens (tertiary/aromatic N) is 5. The van der Waals surface area contributed by atoms with E-state index in [1.807, 2.05) is 16.8 Å². The molecule has 1 aliphatic rings. The molecule has 39 heavy (non-hydrogen) atoms. The summed E-state index contributed by atoms with van der Waals surface area (Å²) in [6.07, 6.45) is 6.65. The van der Waals surface area contributed by atoms with E-state index in [9.17, 15) is 4.79 Å². The lowest BCUT2D eigenvalue weighted by molar-refractivity contribution is 0.188. The Hall–Kier alpha value is -3.62. The van der Waals surface area contributed by atoms with Crippen LogP contribution in [0.4, 0.5) is 0 Å². The van der Waals surface area contributed by atoms with Gasteiger partial charge in [-0.3, -0.25) is 9.69 Å². The number of thiophene rings is 1. The Balaban J connectivity index is 1.53. The number of aryl methyl sites for hydroxylation is 1. The molecule has 2 aromatic carbocycles. The molecule has 3 aromatic heterocycles. The lowest BCUT2D eigenvalue weighted by atomic mass is 9.95. The van der Waals surface area contributed by atoms with Crippen molar-refractivity contribution in [3.8, 4) is 0 Å². The molecule has 3 heterocycles. The quantitative estimate of drug-likeness (QED) is 0.234. The minimum Gasteiger partial charge on any atom is -0.322 e. The molecule has 0 radical (unpaired) electrons. The molecule has 1 aliphatic carbocycles. The molecule has 0 unspecified atom stereocenters. The van der Waals surface area contributed by atoms with Gasteiger partial charge in [-0.15, -0.1) is 16.4 Å². The third-order valence-corrected chi connectivity index (χ3v) is 8.72. The summed E-state index contributed by atoms with van der Waals surface area (Å²) in [6.45, 7) is 3.49. The number of tetrazole rings is 1. The summed E-state index contributed by atoms with van der Waals surface area (Å²) >= 11 is 1.73. The second kappa shape index (κ2) is 11.6. The number of hydrogen-bond acceptors (Lipinski definition) is 6. The Morgan fingerprint density at radius 1 is 1.00 bits per heavy atom. The van der Waals surface area contributed by atoms with E-state index in [2.05, 4.69) is 92.3 Å². The van der Waals surface area contributed by atoms with E-state index in [1.165, 1.54) is 35.3 Å². The van der Waals surface area contributed by atoms with Gasteiger partial charge in [0.25, 0.3) is 5.56 Å². The Morgan fingerprint density at radius 3 is 2.62 bits per heavy atom. The van der Waals surface area contributed by atoms with Crippen molar-refractivity contribution in [3.05, 3.63) is 110 Å². The van der Waals surface area contributed by atoms with Crippen molar-refractivity contribution in [1.29, 1.82) is 0 Å². The lowest BCUT2D eigenvalue weighted by Gasteiger charge is -2.32. The Morgan fingerprint density at radius 2 is 1.85 bits per heavy atom. The number of aromatic amines is 1. The lowest BCUT2D eigenvalue weighted by Crippen LogP contribution is -2.35. The molecule has 0 saturated heterocycles. The molecule has 0 spiro atoms. The van der Waals surface area contributed by atoms with Crippen LogP contribution in [0.1, 0.15) is 78.5 Å². The number of hydrogen-bond donors (Lipinski definition) is 1. The van der Waals surface area contributed by atoms with Crippen LogP contribution in [0, 0.1) is 0 Å². The van der Waals surface area contributed by atoms with Crippen molar-refractivity contribution in [2.45, 2.75) is 70.6 Å². The molecular formula is C31H34N6OS. The fourth-order valence-electron chi connectivity index (χ4n) is 5.82. The summed E-state index contributed by atoms with van der Waals surface area (Å²) in [4.78, 5) is 20.6. The van der Waals surface area contributed by atoms with Gasteiger partial charge >= 0.3 is 0 Å². The van der Waals surface area contributed by atoms with Gasteiger partial charge < -0.3 is 4.98 Å². The molecule has 5 aromatic rings. The molecule has 1 saturated carbocycles. The van der Waals surface area contributed by atoms with Crippen molar-refractivity contribution in [2.75, 3.05) is 0 Å². The molecule has 1 N–H and O–H groups in total. The van der Waals surface area contributed by atoms with Crippen LogP contribution in [0.3, 0.4) is 0 Å². The first-order valence-corrected chi connectivity index (χ1v) is 14.8. The van der Waals surface area contributed by atoms with E-state index in [0.29, 0.717) is 18.7 Å². The number of pyridine rings is 1. The first kappa shape index (κ1) is 25.6. The maximum Gasteiger partial charge on any atom is 0.253 e. The van der Waals surface area contributed by atoms with Gasteiger partial charge in [-0.2, -0.15) is 0 Å². The van der Waals surface area contributed by atoms with Crippen molar-refractivity contribution >= 4 is 22.2 Å². The second-order valence-corrected chi connectivity index (χ2v) is 11.5. The van der Waals surface area contributed by atoms with Gasteiger partial charge in [-0.25, -0.2) is 4.68 Å². The van der Waals surface area contributed by atoms with Gasteiger partial charge in [0.15, 0.2) is 5.82 Å². The number of benzene rings is 2. The summed E-state index contributed by atoms with van der Waals surface area (Å²) in [5.74, 6) is 0.742. The van der Waals surface area contributed by atoms with Crippen LogP contribution in [0.25, 0.3) is 10.9 Å². The Bertz CT molecular complexity index is 1570. The highest BCUT2D eigenvalue weighted by atomic mass is 32.1. The van der Waals surface area contributed by atoms with E-state index in [4.69, 9.17) is 0 Å². The number of fused-ring (bicyclic) bond motifs is 1. The van der Waals surface area contributed by atoms with Gasteiger partial charge in [0.2, 0.25) is 0 Å². The van der Waals surface area contributed by atoms with Crippen LogP contribution in [-0.2, 0) is 19.5 Å². The van der Waals surface area contributed by atoms with E-state index in [0.717, 1.165) is 36.0 Å². The fraction of sp³-hybridized carbons (Fsp3) is 0.355. The minimum atomic E-state index is -0.414. The molecule has 1 fully saturated rings. The third kappa shape index (κ3) is 5.58. The van der Waals surface area contributed by atoms with Gasteiger partial charge in [-0.1, -0.05) is 68.7 Å². The highest BCUT2D eigenvalue weighted by Crippen LogP contribution is 2.35. The topological polar surface area (TPSA) is 79.7 Å². The van der Waals surface area contributed by atoms with Crippen LogP contribution in [0.5, 0.6) is 0 Å². The first-order chi connectivity index (χ1) is 19.2.